The van der Waals surface area contributed by atoms with E-state index >= 15 is 0 Å². The second-order valence-corrected chi connectivity index (χ2v) is 8.57. The number of aromatic carboxylic acids is 1. The minimum atomic E-state index is -1.13. The van der Waals surface area contributed by atoms with Crippen LogP contribution in [0.4, 0.5) is 5.69 Å². The number of allylic oxidation sites excluding steroid dienone is 1. The van der Waals surface area contributed by atoms with Crippen LogP contribution >= 0.6 is 23.2 Å². The van der Waals surface area contributed by atoms with Gasteiger partial charge in [0.15, 0.2) is 11.5 Å². The van der Waals surface area contributed by atoms with Crippen LogP contribution in [-0.2, 0) is 17.8 Å². The number of carboxylic acid groups (broad SMARTS) is 1. The van der Waals surface area contributed by atoms with Crippen molar-refractivity contribution in [3.63, 3.8) is 0 Å². The topological polar surface area (TPSA) is 109 Å². The Morgan fingerprint density at radius 3 is 2.57 bits per heavy atom. The minimum Gasteiger partial charge on any atom is -0.493 e. The molecule has 0 aliphatic carbocycles. The molecule has 0 bridgehead atoms. The Labute approximate surface area is 224 Å². The van der Waals surface area contributed by atoms with Crippen LogP contribution in [0.25, 0.3) is 6.08 Å². The van der Waals surface area contributed by atoms with Gasteiger partial charge in [-0.2, -0.15) is 5.26 Å². The fourth-order valence-corrected chi connectivity index (χ4v) is 3.74. The zero-order valence-electron chi connectivity index (χ0n) is 19.8. The summed E-state index contributed by atoms with van der Waals surface area (Å²) in [6.07, 6.45) is 3.54. The van der Waals surface area contributed by atoms with Gasteiger partial charge in [-0.3, -0.25) is 4.79 Å². The summed E-state index contributed by atoms with van der Waals surface area (Å²) in [6.45, 7) is 3.99. The SMILES string of the molecule is C=CCc1cc(/C=C(/C#N)C(=O)Nc2cccc(C(=O)O)c2)cc(OC)c1OCc1ccc(Cl)c(Cl)c1. The monoisotopic (exact) mass is 536 g/mol. The van der Waals surface area contributed by atoms with E-state index in [1.807, 2.05) is 6.07 Å². The highest BCUT2D eigenvalue weighted by Gasteiger charge is 2.16. The van der Waals surface area contributed by atoms with E-state index in [1.165, 1.54) is 37.5 Å². The molecule has 0 heterocycles. The second kappa shape index (κ2) is 12.6. The quantitative estimate of drug-likeness (QED) is 0.172. The molecule has 7 nitrogen and oxygen atoms in total. The fourth-order valence-electron chi connectivity index (χ4n) is 3.42. The van der Waals surface area contributed by atoms with Crippen LogP contribution in [0.15, 0.2) is 72.8 Å². The first-order valence-electron chi connectivity index (χ1n) is 10.9. The summed E-state index contributed by atoms with van der Waals surface area (Å²) in [6, 6.07) is 16.2. The molecule has 0 unspecified atom stereocenters. The number of carboxylic acids is 1. The molecule has 9 heteroatoms. The number of halogens is 2. The Bertz CT molecular complexity index is 1430. The molecule has 0 aromatic heterocycles. The van der Waals surface area contributed by atoms with Crippen LogP contribution in [0.1, 0.15) is 27.0 Å². The van der Waals surface area contributed by atoms with Gasteiger partial charge in [0.1, 0.15) is 18.2 Å². The number of hydrogen-bond donors (Lipinski definition) is 2. The summed E-state index contributed by atoms with van der Waals surface area (Å²) in [4.78, 5) is 23.9. The van der Waals surface area contributed by atoms with Crippen molar-refractivity contribution in [2.75, 3.05) is 12.4 Å². The van der Waals surface area contributed by atoms with Crippen molar-refractivity contribution < 1.29 is 24.2 Å². The highest BCUT2D eigenvalue weighted by atomic mass is 35.5. The number of hydrogen-bond acceptors (Lipinski definition) is 5. The molecular weight excluding hydrogens is 515 g/mol. The second-order valence-electron chi connectivity index (χ2n) is 7.75. The smallest absolute Gasteiger partial charge is 0.335 e. The standard InChI is InChI=1S/C28H22Cl2N2O5/c1-3-5-19-10-18(11-21(15-31)27(33)32-22-7-4-6-20(14-22)28(34)35)13-25(36-2)26(19)37-16-17-8-9-23(29)24(30)12-17/h3-4,6-14H,1,5,16H2,2H3,(H,32,33)(H,34,35)/b21-11-. The van der Waals surface area contributed by atoms with Crippen LogP contribution in [-0.4, -0.2) is 24.1 Å². The number of methoxy groups -OCH3 is 1. The predicted octanol–water partition coefficient (Wildman–Crippen LogP) is 6.55. The van der Waals surface area contributed by atoms with Gasteiger partial charge in [-0.15, -0.1) is 6.58 Å². The summed E-state index contributed by atoms with van der Waals surface area (Å²) < 4.78 is 11.6. The third-order valence-corrected chi connectivity index (χ3v) is 5.89. The summed E-state index contributed by atoms with van der Waals surface area (Å²) in [5, 5.41) is 22.2. The van der Waals surface area contributed by atoms with Crippen LogP contribution in [0, 0.1) is 11.3 Å². The van der Waals surface area contributed by atoms with Gasteiger partial charge >= 0.3 is 5.97 Å². The van der Waals surface area contributed by atoms with Crippen molar-refractivity contribution in [3.05, 3.63) is 105 Å². The Balaban J connectivity index is 1.90. The Kier molecular flexibility index (Phi) is 9.33. The number of rotatable bonds is 10. The highest BCUT2D eigenvalue weighted by Crippen LogP contribution is 2.35. The van der Waals surface area contributed by atoms with Crippen molar-refractivity contribution in [2.24, 2.45) is 0 Å². The maximum absolute atomic E-state index is 12.7. The number of nitriles is 1. The summed E-state index contributed by atoms with van der Waals surface area (Å²) in [7, 11) is 1.49. The normalized spacial score (nSPS) is 10.8. The van der Waals surface area contributed by atoms with Crippen molar-refractivity contribution in [1.82, 2.24) is 0 Å². The van der Waals surface area contributed by atoms with E-state index in [1.54, 1.807) is 36.4 Å². The number of ether oxygens (including phenoxy) is 2. The molecule has 0 fully saturated rings. The van der Waals surface area contributed by atoms with E-state index in [0.717, 1.165) is 11.1 Å². The molecular formula is C28H22Cl2N2O5. The molecule has 37 heavy (non-hydrogen) atoms. The van der Waals surface area contributed by atoms with Gasteiger partial charge in [0, 0.05) is 11.3 Å². The Hall–Kier alpha value is -4.25. The van der Waals surface area contributed by atoms with Gasteiger partial charge in [-0.05, 0) is 66.1 Å². The van der Waals surface area contributed by atoms with Crippen LogP contribution in [0.3, 0.4) is 0 Å². The van der Waals surface area contributed by atoms with Crippen molar-refractivity contribution in [1.29, 1.82) is 5.26 Å². The van der Waals surface area contributed by atoms with Crippen molar-refractivity contribution in [2.45, 2.75) is 13.0 Å². The van der Waals surface area contributed by atoms with E-state index in [-0.39, 0.29) is 23.4 Å². The summed E-state index contributed by atoms with van der Waals surface area (Å²) in [5.41, 5.74) is 2.14. The molecule has 0 radical (unpaired) electrons. The molecule has 0 saturated heterocycles. The summed E-state index contributed by atoms with van der Waals surface area (Å²) in [5.74, 6) is -0.929. The summed E-state index contributed by atoms with van der Waals surface area (Å²) >= 11 is 12.1. The minimum absolute atomic E-state index is 0.00977. The molecule has 3 rings (SSSR count). The number of carbonyl (C=O) groups is 2. The molecule has 0 spiro atoms. The van der Waals surface area contributed by atoms with E-state index in [9.17, 15) is 14.9 Å². The Morgan fingerprint density at radius 2 is 1.92 bits per heavy atom. The third-order valence-electron chi connectivity index (χ3n) is 5.15. The van der Waals surface area contributed by atoms with Crippen molar-refractivity contribution >= 4 is 46.8 Å². The maximum atomic E-state index is 12.7. The molecule has 1 amide bonds. The third kappa shape index (κ3) is 7.14. The number of amides is 1. The zero-order chi connectivity index (χ0) is 26.9. The lowest BCUT2D eigenvalue weighted by Gasteiger charge is -2.16. The lowest BCUT2D eigenvalue weighted by molar-refractivity contribution is -0.112. The number of anilines is 1. The van der Waals surface area contributed by atoms with Gasteiger partial charge in [0.05, 0.1) is 22.7 Å². The lowest BCUT2D eigenvalue weighted by atomic mass is 10.0. The van der Waals surface area contributed by atoms with Gasteiger partial charge in [0.25, 0.3) is 5.91 Å². The largest absolute Gasteiger partial charge is 0.493 e. The first-order chi connectivity index (χ1) is 17.7. The lowest BCUT2D eigenvalue weighted by Crippen LogP contribution is -2.14. The zero-order valence-corrected chi connectivity index (χ0v) is 21.3. The van der Waals surface area contributed by atoms with E-state index in [4.69, 9.17) is 37.8 Å². The van der Waals surface area contributed by atoms with Gasteiger partial charge in [-0.25, -0.2) is 4.79 Å². The molecule has 0 saturated carbocycles. The fraction of sp³-hybridized carbons (Fsp3) is 0.107. The average molecular weight is 537 g/mol. The van der Waals surface area contributed by atoms with E-state index < -0.39 is 11.9 Å². The number of nitrogens with zero attached hydrogens (tertiary/aromatic N) is 1. The molecule has 188 valence electrons. The molecule has 0 atom stereocenters. The predicted molar refractivity (Wildman–Crippen MR) is 143 cm³/mol. The first kappa shape index (κ1) is 27.3. The van der Waals surface area contributed by atoms with Crippen LogP contribution in [0.2, 0.25) is 10.0 Å². The van der Waals surface area contributed by atoms with Crippen LogP contribution in [0.5, 0.6) is 11.5 Å². The maximum Gasteiger partial charge on any atom is 0.335 e. The van der Waals surface area contributed by atoms with Crippen LogP contribution < -0.4 is 14.8 Å². The molecule has 3 aromatic carbocycles. The highest BCUT2D eigenvalue weighted by molar-refractivity contribution is 6.42. The molecule has 0 aliphatic rings. The van der Waals surface area contributed by atoms with Gasteiger partial charge in [0.2, 0.25) is 0 Å². The molecule has 3 aromatic rings. The molecule has 0 aliphatic heterocycles. The van der Waals surface area contributed by atoms with E-state index in [2.05, 4.69) is 11.9 Å². The first-order valence-corrected chi connectivity index (χ1v) is 11.7. The van der Waals surface area contributed by atoms with Crippen molar-refractivity contribution in [3.8, 4) is 17.6 Å². The number of nitrogens with one attached hydrogen (secondary N) is 1. The van der Waals surface area contributed by atoms with Gasteiger partial charge < -0.3 is 19.9 Å². The van der Waals surface area contributed by atoms with Gasteiger partial charge in [-0.1, -0.05) is 41.4 Å². The average Bonchev–Trinajstić information content (AvgIpc) is 2.88. The number of carbonyl (C=O) groups excluding carboxylic acids is 1. The number of benzene rings is 3. The van der Waals surface area contributed by atoms with E-state index in [0.29, 0.717) is 33.5 Å². The molecule has 2 N–H and O–H groups in total. The Morgan fingerprint density at radius 1 is 1.14 bits per heavy atom.